The van der Waals surface area contributed by atoms with E-state index in [9.17, 15) is 8.42 Å². The van der Waals surface area contributed by atoms with Crippen molar-refractivity contribution in [1.29, 1.82) is 0 Å². The number of likely N-dealkylation sites (tertiary alicyclic amines) is 1. The van der Waals surface area contributed by atoms with Crippen LogP contribution >= 0.6 is 0 Å². The van der Waals surface area contributed by atoms with Crippen LogP contribution in [-0.4, -0.2) is 46.6 Å². The van der Waals surface area contributed by atoms with Crippen LogP contribution in [0.25, 0.3) is 0 Å². The van der Waals surface area contributed by atoms with E-state index >= 15 is 0 Å². The van der Waals surface area contributed by atoms with E-state index in [4.69, 9.17) is 10.5 Å². The number of methoxy groups -OCH3 is 1. The predicted octanol–water partition coefficient (Wildman–Crippen LogP) is 1.04. The molecule has 1 fully saturated rings. The smallest absolute Gasteiger partial charge is 0.240 e. The highest BCUT2D eigenvalue weighted by Crippen LogP contribution is 2.24. The topological polar surface area (TPSA) is 84.7 Å². The van der Waals surface area contributed by atoms with Gasteiger partial charge in [0.25, 0.3) is 0 Å². The van der Waals surface area contributed by atoms with Crippen molar-refractivity contribution in [3.05, 3.63) is 18.2 Å². The van der Waals surface area contributed by atoms with Gasteiger partial charge in [-0.2, -0.15) is 0 Å². The van der Waals surface area contributed by atoms with E-state index in [-0.39, 0.29) is 4.90 Å². The van der Waals surface area contributed by atoms with Crippen LogP contribution in [0.2, 0.25) is 0 Å². The summed E-state index contributed by atoms with van der Waals surface area (Å²) in [5.74, 6) is 0.369. The zero-order valence-electron chi connectivity index (χ0n) is 12.3. The molecule has 0 spiro atoms. The summed E-state index contributed by atoms with van der Waals surface area (Å²) in [4.78, 5) is 2.46. The minimum atomic E-state index is -3.52. The highest BCUT2D eigenvalue weighted by molar-refractivity contribution is 7.89. The summed E-state index contributed by atoms with van der Waals surface area (Å²) in [5.41, 5.74) is 6.12. The largest absolute Gasteiger partial charge is 0.495 e. The number of nitrogens with zero attached hydrogens (tertiary/aromatic N) is 1. The fourth-order valence-electron chi connectivity index (χ4n) is 2.46. The SMILES string of the molecule is COc1cc(S(=O)(=O)NCCN2CCCCC2)ccc1N. The number of sulfonamides is 1. The second-order valence-electron chi connectivity index (χ2n) is 5.20. The molecule has 0 bridgehead atoms. The Morgan fingerprint density at radius 1 is 1.29 bits per heavy atom. The monoisotopic (exact) mass is 313 g/mol. The minimum Gasteiger partial charge on any atom is -0.495 e. The molecule has 21 heavy (non-hydrogen) atoms. The van der Waals surface area contributed by atoms with Gasteiger partial charge in [-0.1, -0.05) is 6.42 Å². The van der Waals surface area contributed by atoms with Crippen LogP contribution in [0.1, 0.15) is 19.3 Å². The first-order valence-electron chi connectivity index (χ1n) is 7.18. The van der Waals surface area contributed by atoms with Crippen molar-refractivity contribution >= 4 is 15.7 Å². The third kappa shape index (κ3) is 4.33. The number of nitrogen functional groups attached to an aromatic ring is 1. The van der Waals surface area contributed by atoms with Crippen LogP contribution in [0, 0.1) is 0 Å². The summed E-state index contributed by atoms with van der Waals surface area (Å²) >= 11 is 0. The summed E-state index contributed by atoms with van der Waals surface area (Å²) in [6.45, 7) is 3.26. The number of ether oxygens (including phenoxy) is 1. The molecule has 118 valence electrons. The standard InChI is InChI=1S/C14H23N3O3S/c1-20-14-11-12(5-6-13(14)15)21(18,19)16-7-10-17-8-3-2-4-9-17/h5-6,11,16H,2-4,7-10,15H2,1H3. The molecule has 1 saturated heterocycles. The molecule has 3 N–H and O–H groups in total. The molecule has 1 aliphatic heterocycles. The Bertz CT molecular complexity index is 569. The minimum absolute atomic E-state index is 0.173. The Balaban J connectivity index is 1.94. The van der Waals surface area contributed by atoms with E-state index in [2.05, 4.69) is 9.62 Å². The van der Waals surface area contributed by atoms with Crippen molar-refractivity contribution in [2.75, 3.05) is 39.0 Å². The van der Waals surface area contributed by atoms with Gasteiger partial charge < -0.3 is 15.4 Å². The van der Waals surface area contributed by atoms with E-state index in [1.165, 1.54) is 44.6 Å². The molecule has 0 radical (unpaired) electrons. The van der Waals surface area contributed by atoms with Gasteiger partial charge in [0.05, 0.1) is 17.7 Å². The molecule has 6 nitrogen and oxygen atoms in total. The second-order valence-corrected chi connectivity index (χ2v) is 6.97. The number of nitrogens with one attached hydrogen (secondary N) is 1. The lowest BCUT2D eigenvalue weighted by molar-refractivity contribution is 0.233. The zero-order chi connectivity index (χ0) is 15.3. The summed E-state index contributed by atoms with van der Waals surface area (Å²) in [6.07, 6.45) is 3.66. The van der Waals surface area contributed by atoms with E-state index < -0.39 is 10.0 Å². The lowest BCUT2D eigenvalue weighted by Crippen LogP contribution is -2.37. The maximum Gasteiger partial charge on any atom is 0.240 e. The number of hydrogen-bond acceptors (Lipinski definition) is 5. The quantitative estimate of drug-likeness (QED) is 0.767. The van der Waals surface area contributed by atoms with Crippen LogP contribution in [0.3, 0.4) is 0 Å². The number of hydrogen-bond donors (Lipinski definition) is 2. The third-order valence-electron chi connectivity index (χ3n) is 3.68. The first kappa shape index (κ1) is 16.1. The summed E-state index contributed by atoms with van der Waals surface area (Å²) < 4.78 is 32.1. The molecule has 1 aliphatic rings. The zero-order valence-corrected chi connectivity index (χ0v) is 13.2. The van der Waals surface area contributed by atoms with Crippen LogP contribution in [-0.2, 0) is 10.0 Å². The normalized spacial score (nSPS) is 16.8. The second kappa shape index (κ2) is 7.11. The molecule has 0 amide bonds. The molecule has 2 rings (SSSR count). The molecule has 0 atom stereocenters. The first-order valence-corrected chi connectivity index (χ1v) is 8.67. The Kier molecular flexibility index (Phi) is 5.44. The van der Waals surface area contributed by atoms with E-state index in [1.807, 2.05) is 0 Å². The molecule has 1 heterocycles. The summed E-state index contributed by atoms with van der Waals surface area (Å²) in [5, 5.41) is 0. The van der Waals surface area contributed by atoms with Gasteiger partial charge in [0.2, 0.25) is 10.0 Å². The number of benzene rings is 1. The van der Waals surface area contributed by atoms with Crippen LogP contribution in [0.15, 0.2) is 23.1 Å². The molecular weight excluding hydrogens is 290 g/mol. The van der Waals surface area contributed by atoms with Gasteiger partial charge >= 0.3 is 0 Å². The molecule has 0 saturated carbocycles. The summed E-state index contributed by atoms with van der Waals surface area (Å²) in [6, 6.07) is 4.47. The molecular formula is C14H23N3O3S. The van der Waals surface area contributed by atoms with Crippen LogP contribution in [0.5, 0.6) is 5.75 Å². The highest BCUT2D eigenvalue weighted by atomic mass is 32.2. The molecule has 0 unspecified atom stereocenters. The maximum atomic E-state index is 12.2. The lowest BCUT2D eigenvalue weighted by atomic mass is 10.1. The van der Waals surface area contributed by atoms with Crippen molar-refractivity contribution < 1.29 is 13.2 Å². The predicted molar refractivity (Wildman–Crippen MR) is 82.9 cm³/mol. The molecule has 1 aromatic carbocycles. The van der Waals surface area contributed by atoms with Gasteiger partial charge in [0.15, 0.2) is 0 Å². The van der Waals surface area contributed by atoms with E-state index in [0.717, 1.165) is 19.6 Å². The Labute approximate surface area is 126 Å². The van der Waals surface area contributed by atoms with Gasteiger partial charge in [0, 0.05) is 19.2 Å². The highest BCUT2D eigenvalue weighted by Gasteiger charge is 2.16. The van der Waals surface area contributed by atoms with Crippen molar-refractivity contribution in [1.82, 2.24) is 9.62 Å². The van der Waals surface area contributed by atoms with Crippen molar-refractivity contribution in [2.45, 2.75) is 24.2 Å². The molecule has 1 aromatic rings. The van der Waals surface area contributed by atoms with Crippen molar-refractivity contribution in [2.24, 2.45) is 0 Å². The Morgan fingerprint density at radius 3 is 2.67 bits per heavy atom. The van der Waals surface area contributed by atoms with Crippen molar-refractivity contribution in [3.63, 3.8) is 0 Å². The molecule has 7 heteroatoms. The fourth-order valence-corrected chi connectivity index (χ4v) is 3.50. The number of piperidine rings is 1. The molecule has 0 aromatic heterocycles. The average molecular weight is 313 g/mol. The Morgan fingerprint density at radius 2 is 2.00 bits per heavy atom. The third-order valence-corrected chi connectivity index (χ3v) is 5.14. The van der Waals surface area contributed by atoms with E-state index in [0.29, 0.717) is 18.0 Å². The van der Waals surface area contributed by atoms with Gasteiger partial charge in [-0.25, -0.2) is 13.1 Å². The van der Waals surface area contributed by atoms with Gasteiger partial charge in [-0.3, -0.25) is 0 Å². The number of nitrogens with two attached hydrogens (primary N) is 1. The van der Waals surface area contributed by atoms with Gasteiger partial charge in [-0.15, -0.1) is 0 Å². The number of anilines is 1. The fraction of sp³-hybridized carbons (Fsp3) is 0.571. The Hall–Kier alpha value is -1.31. The van der Waals surface area contributed by atoms with Gasteiger partial charge in [0.1, 0.15) is 5.75 Å². The summed E-state index contributed by atoms with van der Waals surface area (Å²) in [7, 11) is -2.06. The lowest BCUT2D eigenvalue weighted by Gasteiger charge is -2.26. The maximum absolute atomic E-state index is 12.2. The molecule has 0 aliphatic carbocycles. The first-order chi connectivity index (χ1) is 10.0. The van der Waals surface area contributed by atoms with Crippen LogP contribution in [0.4, 0.5) is 5.69 Å². The average Bonchev–Trinajstić information content (AvgIpc) is 2.48. The number of rotatable bonds is 6. The van der Waals surface area contributed by atoms with Crippen molar-refractivity contribution in [3.8, 4) is 5.75 Å². The van der Waals surface area contributed by atoms with E-state index in [1.54, 1.807) is 0 Å². The van der Waals surface area contributed by atoms with Crippen LogP contribution < -0.4 is 15.2 Å². The van der Waals surface area contributed by atoms with Gasteiger partial charge in [-0.05, 0) is 38.1 Å².